The number of hydrogen-bond acceptors (Lipinski definition) is 12. The van der Waals surface area contributed by atoms with Gasteiger partial charge in [-0.2, -0.15) is 0 Å². The summed E-state index contributed by atoms with van der Waals surface area (Å²) >= 11 is 0. The lowest BCUT2D eigenvalue weighted by Gasteiger charge is -2.28. The third-order valence-corrected chi connectivity index (χ3v) is 7.80. The fourth-order valence-corrected chi connectivity index (χ4v) is 5.74. The molecule has 0 aliphatic carbocycles. The quantitative estimate of drug-likeness (QED) is 0.315. The normalized spacial score (nSPS) is 21.7. The van der Waals surface area contributed by atoms with Crippen LogP contribution < -0.4 is 14.2 Å². The highest BCUT2D eigenvalue weighted by Gasteiger charge is 2.36. The Morgan fingerprint density at radius 1 is 0.521 bits per heavy atom. The van der Waals surface area contributed by atoms with Crippen LogP contribution in [0.1, 0.15) is 101 Å². The molecule has 0 spiro atoms. The van der Waals surface area contributed by atoms with Gasteiger partial charge in [0.15, 0.2) is 0 Å². The number of rotatable bonds is 9. The molecular formula is C33H54N6O9. The standard InChI is InChI=1S/C33H54N6O9/c1-31(2,3)46-28(40)37-16-10-13-22(37)19-43-25-34-26(44-20-23-14-11-17-38(23)29(41)47-32(4,5)6)36-27(35-25)45-21-24-15-12-18-39(24)30(42)48-33(7,8)9/h22-24H,10-21H2,1-9H3/t22-,23-,24-/m0/s1. The average Bonchev–Trinajstić information content (AvgIpc) is 3.72. The first kappa shape index (κ1) is 37.0. The van der Waals surface area contributed by atoms with Crippen molar-refractivity contribution in [1.82, 2.24) is 29.7 Å². The Kier molecular flexibility index (Phi) is 11.7. The van der Waals surface area contributed by atoms with Crippen LogP contribution in [0.3, 0.4) is 0 Å². The summed E-state index contributed by atoms with van der Waals surface area (Å²) in [6, 6.07) is -0.781. The molecule has 1 aromatic rings. The smallest absolute Gasteiger partial charge is 0.410 e. The first-order valence-electron chi connectivity index (χ1n) is 17.0. The number of nitrogens with zero attached hydrogens (tertiary/aromatic N) is 6. The van der Waals surface area contributed by atoms with Crippen molar-refractivity contribution in [1.29, 1.82) is 0 Å². The van der Waals surface area contributed by atoms with Crippen LogP contribution in [0.15, 0.2) is 0 Å². The molecule has 3 atom stereocenters. The van der Waals surface area contributed by atoms with Crippen LogP contribution in [-0.4, -0.2) is 122 Å². The van der Waals surface area contributed by atoms with E-state index in [2.05, 4.69) is 15.0 Å². The van der Waals surface area contributed by atoms with Crippen molar-refractivity contribution in [2.75, 3.05) is 39.5 Å². The molecule has 0 N–H and O–H groups in total. The summed E-state index contributed by atoms with van der Waals surface area (Å²) in [5.41, 5.74) is -1.85. The second-order valence-electron chi connectivity index (χ2n) is 15.5. The van der Waals surface area contributed by atoms with Crippen LogP contribution in [0.2, 0.25) is 0 Å². The molecule has 4 heterocycles. The Hall–Kier alpha value is -3.78. The molecule has 3 aliphatic rings. The Labute approximate surface area is 283 Å². The van der Waals surface area contributed by atoms with Crippen LogP contribution in [-0.2, 0) is 14.2 Å². The van der Waals surface area contributed by atoms with Gasteiger partial charge in [0.05, 0.1) is 18.1 Å². The van der Waals surface area contributed by atoms with Gasteiger partial charge in [0.2, 0.25) is 0 Å². The van der Waals surface area contributed by atoms with Gasteiger partial charge in [0.25, 0.3) is 0 Å². The van der Waals surface area contributed by atoms with Crippen LogP contribution in [0.25, 0.3) is 0 Å². The fraction of sp³-hybridized carbons (Fsp3) is 0.818. The van der Waals surface area contributed by atoms with Crippen molar-refractivity contribution in [2.45, 2.75) is 136 Å². The predicted molar refractivity (Wildman–Crippen MR) is 174 cm³/mol. The van der Waals surface area contributed by atoms with E-state index in [1.165, 1.54) is 0 Å². The molecule has 3 amide bonds. The maximum atomic E-state index is 12.8. The van der Waals surface area contributed by atoms with Gasteiger partial charge < -0.3 is 43.1 Å². The lowest BCUT2D eigenvalue weighted by Crippen LogP contribution is -2.42. The molecule has 0 unspecified atom stereocenters. The van der Waals surface area contributed by atoms with E-state index < -0.39 is 35.1 Å². The highest BCUT2D eigenvalue weighted by atomic mass is 16.6. The van der Waals surface area contributed by atoms with Gasteiger partial charge in [-0.05, 0) is 101 Å². The highest BCUT2D eigenvalue weighted by Crippen LogP contribution is 2.26. The number of carbonyl (C=O) groups excluding carboxylic acids is 3. The van der Waals surface area contributed by atoms with Crippen molar-refractivity contribution in [2.24, 2.45) is 0 Å². The molecule has 0 bridgehead atoms. The molecule has 3 saturated heterocycles. The van der Waals surface area contributed by atoms with Crippen LogP contribution in [0.5, 0.6) is 18.0 Å². The Balaban J connectivity index is 1.46. The summed E-state index contributed by atoms with van der Waals surface area (Å²) in [6.07, 6.45) is 3.48. The maximum Gasteiger partial charge on any atom is 0.410 e. The van der Waals surface area contributed by atoms with Gasteiger partial charge in [-0.3, -0.25) is 0 Å². The molecule has 4 rings (SSSR count). The number of amides is 3. The second-order valence-corrected chi connectivity index (χ2v) is 15.5. The van der Waals surface area contributed by atoms with Gasteiger partial charge in [-0.15, -0.1) is 15.0 Å². The van der Waals surface area contributed by atoms with Crippen molar-refractivity contribution >= 4 is 18.3 Å². The lowest BCUT2D eigenvalue weighted by atomic mass is 10.2. The van der Waals surface area contributed by atoms with E-state index >= 15 is 0 Å². The molecule has 15 nitrogen and oxygen atoms in total. The largest absolute Gasteiger partial charge is 0.461 e. The zero-order valence-electron chi connectivity index (χ0n) is 30.1. The van der Waals surface area contributed by atoms with Gasteiger partial charge in [0.1, 0.15) is 36.6 Å². The molecular weight excluding hydrogens is 624 g/mol. The number of hydrogen-bond donors (Lipinski definition) is 0. The third kappa shape index (κ3) is 11.1. The summed E-state index contributed by atoms with van der Waals surface area (Å²) in [5, 5.41) is 0. The second kappa shape index (κ2) is 15.2. The van der Waals surface area contributed by atoms with E-state index in [9.17, 15) is 14.4 Å². The molecule has 15 heteroatoms. The molecule has 0 aromatic carbocycles. The monoisotopic (exact) mass is 678 g/mol. The zero-order chi connectivity index (χ0) is 35.3. The summed E-state index contributed by atoms with van der Waals surface area (Å²) in [7, 11) is 0. The van der Waals surface area contributed by atoms with E-state index in [1.807, 2.05) is 62.3 Å². The highest BCUT2D eigenvalue weighted by molar-refractivity contribution is 5.70. The van der Waals surface area contributed by atoms with Crippen LogP contribution in [0, 0.1) is 0 Å². The SMILES string of the molecule is CC(C)(C)OC(=O)N1CCC[C@H]1COc1nc(OC[C@@H]2CCCN2C(=O)OC(C)(C)C)nc(OC[C@@H]2CCCN2C(=O)OC(C)(C)C)n1. The number of aromatic nitrogens is 3. The summed E-state index contributed by atoms with van der Waals surface area (Å²) in [5.74, 6) is 0. The van der Waals surface area contributed by atoms with E-state index in [-0.39, 0.29) is 56.0 Å². The first-order valence-corrected chi connectivity index (χ1v) is 17.0. The van der Waals surface area contributed by atoms with Crippen molar-refractivity contribution in [3.8, 4) is 18.0 Å². The average molecular weight is 679 g/mol. The molecule has 3 aliphatic heterocycles. The van der Waals surface area contributed by atoms with Gasteiger partial charge in [-0.25, -0.2) is 14.4 Å². The van der Waals surface area contributed by atoms with E-state index in [4.69, 9.17) is 28.4 Å². The van der Waals surface area contributed by atoms with Gasteiger partial charge in [0, 0.05) is 19.6 Å². The third-order valence-electron chi connectivity index (χ3n) is 7.80. The Morgan fingerprint density at radius 2 is 0.771 bits per heavy atom. The first-order chi connectivity index (χ1) is 22.4. The minimum atomic E-state index is -0.617. The molecule has 3 fully saturated rings. The van der Waals surface area contributed by atoms with E-state index in [1.54, 1.807) is 14.7 Å². The van der Waals surface area contributed by atoms with Crippen LogP contribution in [0.4, 0.5) is 14.4 Å². The van der Waals surface area contributed by atoms with Crippen molar-refractivity contribution < 1.29 is 42.8 Å². The molecule has 270 valence electrons. The maximum absolute atomic E-state index is 12.8. The van der Waals surface area contributed by atoms with E-state index in [0.717, 1.165) is 38.5 Å². The summed E-state index contributed by atoms with van der Waals surface area (Å²) in [4.78, 5) is 56.5. The molecule has 0 saturated carbocycles. The molecule has 48 heavy (non-hydrogen) atoms. The Bertz CT molecular complexity index is 1110. The van der Waals surface area contributed by atoms with E-state index in [0.29, 0.717) is 19.6 Å². The molecule has 0 radical (unpaired) electrons. The summed E-state index contributed by atoms with van der Waals surface area (Å²) in [6.45, 7) is 18.6. The van der Waals surface area contributed by atoms with Gasteiger partial charge >= 0.3 is 36.3 Å². The number of carbonyl (C=O) groups is 3. The fourth-order valence-electron chi connectivity index (χ4n) is 5.74. The minimum absolute atomic E-state index is 0.0307. The number of likely N-dealkylation sites (tertiary alicyclic amines) is 3. The van der Waals surface area contributed by atoms with Gasteiger partial charge in [-0.1, -0.05) is 0 Å². The van der Waals surface area contributed by atoms with Crippen molar-refractivity contribution in [3.05, 3.63) is 0 Å². The predicted octanol–water partition coefficient (Wildman–Crippen LogP) is 5.21. The molecule has 1 aromatic heterocycles. The zero-order valence-corrected chi connectivity index (χ0v) is 30.1. The lowest BCUT2D eigenvalue weighted by molar-refractivity contribution is 0.0179. The van der Waals surface area contributed by atoms with Crippen molar-refractivity contribution in [3.63, 3.8) is 0 Å². The topological polar surface area (TPSA) is 155 Å². The summed E-state index contributed by atoms with van der Waals surface area (Å²) < 4.78 is 34.8. The minimum Gasteiger partial charge on any atom is -0.461 e. The number of ether oxygens (including phenoxy) is 6. The van der Waals surface area contributed by atoms with Crippen LogP contribution >= 0.6 is 0 Å². The Morgan fingerprint density at radius 3 is 1.00 bits per heavy atom.